The summed E-state index contributed by atoms with van der Waals surface area (Å²) in [6, 6.07) is 7.62. The molecule has 2 rings (SSSR count). The van der Waals surface area contributed by atoms with Crippen LogP contribution >= 0.6 is 0 Å². The molecule has 0 amide bonds. The number of rotatable bonds is 2. The molecule has 0 spiro atoms. The predicted molar refractivity (Wildman–Crippen MR) is 76.3 cm³/mol. The first-order chi connectivity index (χ1) is 8.50. The lowest BCUT2D eigenvalue weighted by atomic mass is 10.1. The van der Waals surface area contributed by atoms with E-state index in [0.29, 0.717) is 5.39 Å². The van der Waals surface area contributed by atoms with E-state index in [9.17, 15) is 4.79 Å². The van der Waals surface area contributed by atoms with Crippen molar-refractivity contribution in [1.29, 1.82) is 0 Å². The minimum atomic E-state index is 0.0193. The summed E-state index contributed by atoms with van der Waals surface area (Å²) < 4.78 is 1.65. The minimum Gasteiger partial charge on any atom is -0.315 e. The van der Waals surface area contributed by atoms with Gasteiger partial charge in [-0.3, -0.25) is 10.2 Å². The predicted octanol–water partition coefficient (Wildman–Crippen LogP) is 2.65. The molecule has 0 radical (unpaired) electrons. The number of nitrogens with one attached hydrogen (secondary N) is 1. The van der Waals surface area contributed by atoms with Gasteiger partial charge in [-0.25, -0.2) is 0 Å². The molecule has 0 saturated heterocycles. The summed E-state index contributed by atoms with van der Waals surface area (Å²) in [4.78, 5) is 12.1. The average molecular weight is 243 g/mol. The lowest BCUT2D eigenvalue weighted by Gasteiger charge is -2.09. The zero-order valence-corrected chi connectivity index (χ0v) is 11.1. The maximum atomic E-state index is 12.1. The molecular weight excluding hydrogens is 226 g/mol. The Bertz CT molecular complexity index is 679. The zero-order valence-electron chi connectivity index (χ0n) is 11.1. The lowest BCUT2D eigenvalue weighted by molar-refractivity contribution is 0.830. The van der Waals surface area contributed by atoms with Crippen LogP contribution in [0.25, 0.3) is 10.8 Å². The van der Waals surface area contributed by atoms with Crippen LogP contribution in [0, 0.1) is 6.92 Å². The van der Waals surface area contributed by atoms with Crippen LogP contribution in [0.15, 0.2) is 34.2 Å². The van der Waals surface area contributed by atoms with Gasteiger partial charge in [-0.2, -0.15) is 5.10 Å². The van der Waals surface area contributed by atoms with Crippen molar-refractivity contribution < 1.29 is 0 Å². The molecule has 18 heavy (non-hydrogen) atoms. The first-order valence-corrected chi connectivity index (χ1v) is 5.87. The van der Waals surface area contributed by atoms with Crippen molar-refractivity contribution in [3.05, 3.63) is 40.3 Å². The van der Waals surface area contributed by atoms with E-state index >= 15 is 0 Å². The van der Waals surface area contributed by atoms with E-state index in [1.165, 1.54) is 0 Å². The van der Waals surface area contributed by atoms with E-state index in [0.717, 1.165) is 22.5 Å². The van der Waals surface area contributed by atoms with Gasteiger partial charge < -0.3 is 4.57 Å². The minimum absolute atomic E-state index is 0.0193. The Hall–Kier alpha value is -2.10. The quantitative estimate of drug-likeness (QED) is 0.651. The normalized spacial score (nSPS) is 10.4. The van der Waals surface area contributed by atoms with Crippen molar-refractivity contribution in [2.45, 2.75) is 20.8 Å². The molecule has 0 aliphatic carbocycles. The summed E-state index contributed by atoms with van der Waals surface area (Å²) in [7, 11) is 1.78. The molecule has 1 aromatic heterocycles. The number of hydrazone groups is 1. The average Bonchev–Trinajstić information content (AvgIpc) is 2.34. The molecule has 1 N–H and O–H groups in total. The number of pyridine rings is 1. The van der Waals surface area contributed by atoms with Gasteiger partial charge in [-0.1, -0.05) is 6.07 Å². The summed E-state index contributed by atoms with van der Waals surface area (Å²) >= 11 is 0. The zero-order chi connectivity index (χ0) is 13.3. The number of anilines is 1. The van der Waals surface area contributed by atoms with Crippen LogP contribution in [0.3, 0.4) is 0 Å². The highest BCUT2D eigenvalue weighted by Crippen LogP contribution is 2.21. The number of nitrogens with zero attached hydrogens (tertiary/aromatic N) is 2. The molecule has 0 fully saturated rings. The Morgan fingerprint density at radius 1 is 1.28 bits per heavy atom. The molecule has 0 atom stereocenters. The molecule has 0 unspecified atom stereocenters. The molecule has 2 aromatic rings. The van der Waals surface area contributed by atoms with E-state index in [2.05, 4.69) is 10.5 Å². The van der Waals surface area contributed by atoms with Gasteiger partial charge in [0.05, 0.1) is 5.69 Å². The van der Waals surface area contributed by atoms with Crippen molar-refractivity contribution in [2.75, 3.05) is 5.43 Å². The van der Waals surface area contributed by atoms with Gasteiger partial charge in [-0.05, 0) is 39.0 Å². The lowest BCUT2D eigenvalue weighted by Crippen LogP contribution is -2.18. The monoisotopic (exact) mass is 243 g/mol. The summed E-state index contributed by atoms with van der Waals surface area (Å²) in [5, 5.41) is 5.80. The highest BCUT2D eigenvalue weighted by Gasteiger charge is 2.06. The van der Waals surface area contributed by atoms with Crippen molar-refractivity contribution in [2.24, 2.45) is 12.1 Å². The van der Waals surface area contributed by atoms with Crippen LogP contribution in [0.1, 0.15) is 19.5 Å². The fourth-order valence-electron chi connectivity index (χ4n) is 1.82. The Morgan fingerprint density at radius 2 is 2.00 bits per heavy atom. The molecule has 0 aliphatic heterocycles. The second-order valence-corrected chi connectivity index (χ2v) is 4.59. The topological polar surface area (TPSA) is 46.4 Å². The Kier molecular flexibility index (Phi) is 3.19. The third-order valence-electron chi connectivity index (χ3n) is 2.92. The number of fused-ring (bicyclic) bond motifs is 1. The van der Waals surface area contributed by atoms with Crippen LogP contribution in [0.2, 0.25) is 0 Å². The Morgan fingerprint density at radius 3 is 2.67 bits per heavy atom. The molecule has 1 aromatic carbocycles. The van der Waals surface area contributed by atoms with Crippen molar-refractivity contribution in [3.8, 4) is 0 Å². The van der Waals surface area contributed by atoms with Gasteiger partial charge in [-0.15, -0.1) is 0 Å². The van der Waals surface area contributed by atoms with Crippen LogP contribution in [0.4, 0.5) is 5.69 Å². The van der Waals surface area contributed by atoms with Crippen LogP contribution in [-0.2, 0) is 7.05 Å². The van der Waals surface area contributed by atoms with Crippen molar-refractivity contribution >= 4 is 22.2 Å². The SMILES string of the molecule is CC(C)=NNc1cccc2c(=O)n(C)c(C)cc12. The molecule has 0 aliphatic rings. The fraction of sp³-hybridized carbons (Fsp3) is 0.286. The number of aromatic nitrogens is 1. The number of benzene rings is 1. The van der Waals surface area contributed by atoms with E-state index in [1.807, 2.05) is 45.0 Å². The third-order valence-corrected chi connectivity index (χ3v) is 2.92. The van der Waals surface area contributed by atoms with Gasteiger partial charge >= 0.3 is 0 Å². The van der Waals surface area contributed by atoms with E-state index in [1.54, 1.807) is 11.6 Å². The van der Waals surface area contributed by atoms with E-state index < -0.39 is 0 Å². The Labute approximate surface area is 106 Å². The summed E-state index contributed by atoms with van der Waals surface area (Å²) in [5.41, 5.74) is 5.74. The van der Waals surface area contributed by atoms with Crippen LogP contribution in [-0.4, -0.2) is 10.3 Å². The first-order valence-electron chi connectivity index (χ1n) is 5.87. The molecule has 4 nitrogen and oxygen atoms in total. The van der Waals surface area contributed by atoms with Gasteiger partial charge in [0.25, 0.3) is 5.56 Å². The summed E-state index contributed by atoms with van der Waals surface area (Å²) in [5.74, 6) is 0. The standard InChI is InChI=1S/C14H17N3O/c1-9(2)15-16-13-7-5-6-11-12(13)8-10(3)17(4)14(11)18/h5-8,16H,1-4H3. The second kappa shape index (κ2) is 4.64. The fourth-order valence-corrected chi connectivity index (χ4v) is 1.82. The third kappa shape index (κ3) is 2.14. The first kappa shape index (κ1) is 12.4. The van der Waals surface area contributed by atoms with Gasteiger partial charge in [0.15, 0.2) is 0 Å². The number of hydrogen-bond donors (Lipinski definition) is 1. The second-order valence-electron chi connectivity index (χ2n) is 4.59. The largest absolute Gasteiger partial charge is 0.315 e. The Balaban J connectivity index is 2.70. The number of aryl methyl sites for hydroxylation is 1. The van der Waals surface area contributed by atoms with Crippen molar-refractivity contribution in [3.63, 3.8) is 0 Å². The number of hydrogen-bond acceptors (Lipinski definition) is 3. The van der Waals surface area contributed by atoms with Crippen LogP contribution < -0.4 is 11.0 Å². The summed E-state index contributed by atoms with van der Waals surface area (Å²) in [6.07, 6.45) is 0. The molecule has 0 saturated carbocycles. The molecular formula is C14H17N3O. The van der Waals surface area contributed by atoms with Gasteiger partial charge in [0.2, 0.25) is 0 Å². The maximum Gasteiger partial charge on any atom is 0.258 e. The highest BCUT2D eigenvalue weighted by atomic mass is 16.1. The maximum absolute atomic E-state index is 12.1. The van der Waals surface area contributed by atoms with Crippen LogP contribution in [0.5, 0.6) is 0 Å². The van der Waals surface area contributed by atoms with Gasteiger partial charge in [0, 0.05) is 29.2 Å². The van der Waals surface area contributed by atoms with Gasteiger partial charge in [0.1, 0.15) is 0 Å². The van der Waals surface area contributed by atoms with E-state index in [4.69, 9.17) is 0 Å². The molecule has 4 heteroatoms. The molecule has 94 valence electrons. The summed E-state index contributed by atoms with van der Waals surface area (Å²) in [6.45, 7) is 5.76. The highest BCUT2D eigenvalue weighted by molar-refractivity contribution is 5.94. The van der Waals surface area contributed by atoms with E-state index in [-0.39, 0.29) is 5.56 Å². The smallest absolute Gasteiger partial charge is 0.258 e. The van der Waals surface area contributed by atoms with Crippen molar-refractivity contribution in [1.82, 2.24) is 4.57 Å². The molecule has 1 heterocycles. The molecule has 0 bridgehead atoms.